The molecule has 0 aromatic rings. The lowest BCUT2D eigenvalue weighted by Crippen LogP contribution is -2.53. The minimum Gasteiger partial charge on any atom is -0.480 e. The van der Waals surface area contributed by atoms with E-state index in [4.69, 9.17) is 5.11 Å². The summed E-state index contributed by atoms with van der Waals surface area (Å²) in [6, 6.07) is -0.481. The molecule has 0 aromatic heterocycles. The van der Waals surface area contributed by atoms with Crippen LogP contribution >= 0.6 is 0 Å². The van der Waals surface area contributed by atoms with Crippen LogP contribution in [0.3, 0.4) is 0 Å². The lowest BCUT2D eigenvalue weighted by molar-refractivity contribution is -0.152. The zero-order chi connectivity index (χ0) is 14.6. The van der Waals surface area contributed by atoms with Crippen LogP contribution in [-0.4, -0.2) is 53.9 Å². The first-order chi connectivity index (χ1) is 8.05. The maximum atomic E-state index is 12.4. The standard InChI is InChI=1S/C11H21F3N2O2/c1-5-16(7-11(12,13)14)8(2)6-10(3,15-4)9(17)18/h8,15H,5-7H2,1-4H3,(H,17,18). The number of aliphatic carboxylic acids is 1. The van der Waals surface area contributed by atoms with Gasteiger partial charge in [0, 0.05) is 6.04 Å². The zero-order valence-electron chi connectivity index (χ0n) is 11.1. The number of carbonyl (C=O) groups is 1. The Morgan fingerprint density at radius 2 is 1.94 bits per heavy atom. The van der Waals surface area contributed by atoms with Gasteiger partial charge in [-0.25, -0.2) is 0 Å². The summed E-state index contributed by atoms with van der Waals surface area (Å²) in [6.07, 6.45) is -4.17. The molecular formula is C11H21F3N2O2. The number of rotatable bonds is 7. The van der Waals surface area contributed by atoms with Crippen molar-refractivity contribution in [2.45, 2.75) is 44.9 Å². The number of hydrogen-bond acceptors (Lipinski definition) is 3. The van der Waals surface area contributed by atoms with Crippen molar-refractivity contribution in [1.82, 2.24) is 10.2 Å². The smallest absolute Gasteiger partial charge is 0.401 e. The van der Waals surface area contributed by atoms with Gasteiger partial charge in [-0.05, 0) is 33.9 Å². The van der Waals surface area contributed by atoms with Crippen LogP contribution in [-0.2, 0) is 4.79 Å². The van der Waals surface area contributed by atoms with Gasteiger partial charge in [-0.3, -0.25) is 9.69 Å². The highest BCUT2D eigenvalue weighted by Crippen LogP contribution is 2.21. The third-order valence-electron chi connectivity index (χ3n) is 3.14. The fraction of sp³-hybridized carbons (Fsp3) is 0.909. The molecule has 7 heteroatoms. The molecule has 2 N–H and O–H groups in total. The van der Waals surface area contributed by atoms with E-state index in [0.29, 0.717) is 0 Å². The largest absolute Gasteiger partial charge is 0.480 e. The summed E-state index contributed by atoms with van der Waals surface area (Å²) in [5.74, 6) is -1.07. The predicted molar refractivity (Wildman–Crippen MR) is 62.5 cm³/mol. The summed E-state index contributed by atoms with van der Waals surface area (Å²) >= 11 is 0. The Balaban J connectivity index is 4.71. The van der Waals surface area contributed by atoms with Crippen molar-refractivity contribution >= 4 is 5.97 Å². The SMILES string of the molecule is CCN(CC(F)(F)F)C(C)CC(C)(NC)C(=O)O. The summed E-state index contributed by atoms with van der Waals surface area (Å²) in [6.45, 7) is 3.89. The van der Waals surface area contributed by atoms with Crippen molar-refractivity contribution in [1.29, 1.82) is 0 Å². The van der Waals surface area contributed by atoms with E-state index >= 15 is 0 Å². The van der Waals surface area contributed by atoms with Crippen molar-refractivity contribution in [2.75, 3.05) is 20.1 Å². The van der Waals surface area contributed by atoms with Gasteiger partial charge in [-0.1, -0.05) is 6.92 Å². The maximum absolute atomic E-state index is 12.4. The number of nitrogens with one attached hydrogen (secondary N) is 1. The van der Waals surface area contributed by atoms with E-state index in [9.17, 15) is 18.0 Å². The molecule has 0 fully saturated rings. The number of carboxylic acid groups (broad SMARTS) is 1. The van der Waals surface area contributed by atoms with Gasteiger partial charge < -0.3 is 10.4 Å². The van der Waals surface area contributed by atoms with Gasteiger partial charge in [0.1, 0.15) is 5.54 Å². The van der Waals surface area contributed by atoms with Crippen molar-refractivity contribution < 1.29 is 23.1 Å². The van der Waals surface area contributed by atoms with Gasteiger partial charge in [-0.2, -0.15) is 13.2 Å². The lowest BCUT2D eigenvalue weighted by atomic mass is 9.93. The molecular weight excluding hydrogens is 249 g/mol. The third kappa shape index (κ3) is 5.22. The van der Waals surface area contributed by atoms with Gasteiger partial charge >= 0.3 is 12.1 Å². The van der Waals surface area contributed by atoms with E-state index in [1.807, 2.05) is 0 Å². The van der Waals surface area contributed by atoms with E-state index in [-0.39, 0.29) is 13.0 Å². The summed E-state index contributed by atoms with van der Waals surface area (Å²) in [7, 11) is 1.49. The molecule has 108 valence electrons. The van der Waals surface area contributed by atoms with Gasteiger partial charge in [0.05, 0.1) is 6.54 Å². The Kier molecular flexibility index (Phi) is 6.09. The van der Waals surface area contributed by atoms with Gasteiger partial charge in [0.25, 0.3) is 0 Å². The van der Waals surface area contributed by atoms with Crippen molar-refractivity contribution in [2.24, 2.45) is 0 Å². The molecule has 2 atom stereocenters. The van der Waals surface area contributed by atoms with Crippen LogP contribution in [0, 0.1) is 0 Å². The molecule has 0 spiro atoms. The molecule has 0 heterocycles. The highest BCUT2D eigenvalue weighted by atomic mass is 19.4. The molecule has 0 aliphatic carbocycles. The Bertz CT molecular complexity index is 284. The average Bonchev–Trinajstić information content (AvgIpc) is 2.23. The van der Waals surface area contributed by atoms with Crippen molar-refractivity contribution in [3.05, 3.63) is 0 Å². The topological polar surface area (TPSA) is 52.6 Å². The minimum absolute atomic E-state index is 0.1000. The molecule has 4 nitrogen and oxygen atoms in total. The molecule has 0 rings (SSSR count). The Morgan fingerprint density at radius 3 is 2.22 bits per heavy atom. The van der Waals surface area contributed by atoms with Crippen molar-refractivity contribution in [3.63, 3.8) is 0 Å². The van der Waals surface area contributed by atoms with E-state index < -0.39 is 30.3 Å². The second-order valence-corrected chi connectivity index (χ2v) is 4.62. The number of alkyl halides is 3. The quantitative estimate of drug-likeness (QED) is 0.739. The molecule has 0 saturated carbocycles. The van der Waals surface area contributed by atoms with E-state index in [0.717, 1.165) is 0 Å². The third-order valence-corrected chi connectivity index (χ3v) is 3.14. The van der Waals surface area contributed by atoms with Gasteiger partial charge in [0.2, 0.25) is 0 Å². The van der Waals surface area contributed by atoms with E-state index in [1.54, 1.807) is 13.8 Å². The van der Waals surface area contributed by atoms with Crippen molar-refractivity contribution in [3.8, 4) is 0 Å². The Hall–Kier alpha value is -0.820. The minimum atomic E-state index is -4.27. The van der Waals surface area contributed by atoms with Crippen LogP contribution in [0.2, 0.25) is 0 Å². The molecule has 0 radical (unpaired) electrons. The first-order valence-corrected chi connectivity index (χ1v) is 5.79. The lowest BCUT2D eigenvalue weighted by Gasteiger charge is -2.34. The van der Waals surface area contributed by atoms with Gasteiger partial charge in [-0.15, -0.1) is 0 Å². The van der Waals surface area contributed by atoms with E-state index in [1.165, 1.54) is 18.9 Å². The van der Waals surface area contributed by atoms with Gasteiger partial charge in [0.15, 0.2) is 0 Å². The van der Waals surface area contributed by atoms with Crippen LogP contribution in [0.25, 0.3) is 0 Å². The molecule has 0 aliphatic heterocycles. The predicted octanol–water partition coefficient (Wildman–Crippen LogP) is 1.71. The first kappa shape index (κ1) is 17.2. The van der Waals surface area contributed by atoms with Crippen LogP contribution in [0.1, 0.15) is 27.2 Å². The molecule has 2 unspecified atom stereocenters. The zero-order valence-corrected chi connectivity index (χ0v) is 11.1. The number of halogens is 3. The number of carboxylic acids is 1. The number of hydrogen-bond donors (Lipinski definition) is 2. The molecule has 0 aromatic carbocycles. The van der Waals surface area contributed by atoms with Crippen LogP contribution in [0.15, 0.2) is 0 Å². The number of nitrogens with zero attached hydrogens (tertiary/aromatic N) is 1. The molecule has 0 amide bonds. The second-order valence-electron chi connectivity index (χ2n) is 4.62. The van der Waals surface area contributed by atoms with E-state index in [2.05, 4.69) is 5.32 Å². The highest BCUT2D eigenvalue weighted by Gasteiger charge is 2.37. The average molecular weight is 270 g/mol. The van der Waals surface area contributed by atoms with Crippen LogP contribution in [0.5, 0.6) is 0 Å². The second kappa shape index (κ2) is 6.38. The number of likely N-dealkylation sites (N-methyl/N-ethyl adjacent to an activating group) is 1. The summed E-state index contributed by atoms with van der Waals surface area (Å²) < 4.78 is 37.1. The maximum Gasteiger partial charge on any atom is 0.401 e. The molecule has 0 bridgehead atoms. The normalized spacial score (nSPS) is 17.6. The summed E-state index contributed by atoms with van der Waals surface area (Å²) in [5.41, 5.74) is -1.22. The highest BCUT2D eigenvalue weighted by molar-refractivity contribution is 5.78. The van der Waals surface area contributed by atoms with Crippen LogP contribution in [0.4, 0.5) is 13.2 Å². The fourth-order valence-corrected chi connectivity index (χ4v) is 1.83. The molecule has 0 saturated heterocycles. The molecule has 0 aliphatic rings. The Labute approximate surface area is 105 Å². The summed E-state index contributed by atoms with van der Waals surface area (Å²) in [4.78, 5) is 12.3. The summed E-state index contributed by atoms with van der Waals surface area (Å²) in [5, 5.41) is 11.7. The van der Waals surface area contributed by atoms with Crippen LogP contribution < -0.4 is 5.32 Å². The Morgan fingerprint density at radius 1 is 1.44 bits per heavy atom. The first-order valence-electron chi connectivity index (χ1n) is 5.79. The fourth-order valence-electron chi connectivity index (χ4n) is 1.83. The molecule has 18 heavy (non-hydrogen) atoms. The monoisotopic (exact) mass is 270 g/mol.